The lowest BCUT2D eigenvalue weighted by Crippen LogP contribution is -2.44. The van der Waals surface area contributed by atoms with E-state index in [0.29, 0.717) is 18.0 Å². The van der Waals surface area contributed by atoms with E-state index in [4.69, 9.17) is 16.7 Å². The summed E-state index contributed by atoms with van der Waals surface area (Å²) in [6.45, 7) is 0.473. The van der Waals surface area contributed by atoms with Gasteiger partial charge in [-0.25, -0.2) is 0 Å². The van der Waals surface area contributed by atoms with E-state index in [1.54, 1.807) is 11.9 Å². The summed E-state index contributed by atoms with van der Waals surface area (Å²) < 4.78 is 0. The van der Waals surface area contributed by atoms with Crippen LogP contribution in [-0.4, -0.2) is 35.5 Å². The number of hydrogen-bond donors (Lipinski definition) is 1. The second-order valence-corrected chi connectivity index (χ2v) is 6.46. The number of carbonyl (C=O) groups excluding carboxylic acids is 1. The van der Waals surface area contributed by atoms with Gasteiger partial charge in [0.15, 0.2) is 0 Å². The molecule has 1 aliphatic rings. The number of amides is 1. The molecule has 22 heavy (non-hydrogen) atoms. The van der Waals surface area contributed by atoms with Crippen LogP contribution in [0.3, 0.4) is 0 Å². The molecule has 1 N–H and O–H groups in total. The van der Waals surface area contributed by atoms with Crippen molar-refractivity contribution in [2.75, 3.05) is 13.6 Å². The van der Waals surface area contributed by atoms with Crippen molar-refractivity contribution in [2.45, 2.75) is 43.9 Å². The van der Waals surface area contributed by atoms with Gasteiger partial charge < -0.3 is 10.0 Å². The van der Waals surface area contributed by atoms with Crippen LogP contribution < -0.4 is 0 Å². The summed E-state index contributed by atoms with van der Waals surface area (Å²) in [6.07, 6.45) is 4.34. The molecule has 0 aromatic heterocycles. The highest BCUT2D eigenvalue weighted by molar-refractivity contribution is 6.30. The minimum Gasteiger partial charge on any atom is -0.481 e. The average Bonchev–Trinajstić information content (AvgIpc) is 2.97. The maximum Gasteiger partial charge on any atom is 0.303 e. The molecule has 2 rings (SSSR count). The number of hydrogen-bond acceptors (Lipinski definition) is 2. The average molecular weight is 324 g/mol. The van der Waals surface area contributed by atoms with Crippen molar-refractivity contribution in [1.29, 1.82) is 0 Å². The largest absolute Gasteiger partial charge is 0.481 e. The predicted octanol–water partition coefficient (Wildman–Crippen LogP) is 3.48. The van der Waals surface area contributed by atoms with Crippen molar-refractivity contribution in [3.8, 4) is 0 Å². The summed E-state index contributed by atoms with van der Waals surface area (Å²) in [5.41, 5.74) is 0.548. The molecule has 120 valence electrons. The Morgan fingerprint density at radius 3 is 2.36 bits per heavy atom. The zero-order chi connectivity index (χ0) is 16.2. The lowest BCUT2D eigenvalue weighted by molar-refractivity contribution is -0.139. The van der Waals surface area contributed by atoms with Gasteiger partial charge in [-0.15, -0.1) is 0 Å². The number of carboxylic acid groups (broad SMARTS) is 1. The standard InChI is InChI=1S/C17H22ClNO3/c1-19(12-4-5-15(20)21)16(22)17(10-2-3-11-17)13-6-8-14(18)9-7-13/h6-9H,2-5,10-12H2,1H3,(H,20,21). The summed E-state index contributed by atoms with van der Waals surface area (Å²) in [4.78, 5) is 25.3. The Morgan fingerprint density at radius 1 is 1.23 bits per heavy atom. The number of benzene rings is 1. The molecule has 1 aromatic carbocycles. The van der Waals surface area contributed by atoms with Gasteiger partial charge in [0.05, 0.1) is 5.41 Å². The van der Waals surface area contributed by atoms with Crippen LogP contribution in [0.1, 0.15) is 44.1 Å². The molecule has 5 heteroatoms. The highest BCUT2D eigenvalue weighted by atomic mass is 35.5. The topological polar surface area (TPSA) is 57.6 Å². The number of carbonyl (C=O) groups is 2. The van der Waals surface area contributed by atoms with Crippen LogP contribution in [0, 0.1) is 0 Å². The number of likely N-dealkylation sites (N-methyl/N-ethyl adjacent to an activating group) is 1. The van der Waals surface area contributed by atoms with Crippen molar-refractivity contribution < 1.29 is 14.7 Å². The Hall–Kier alpha value is -1.55. The highest BCUT2D eigenvalue weighted by Crippen LogP contribution is 2.42. The predicted molar refractivity (Wildman–Crippen MR) is 86.1 cm³/mol. The Balaban J connectivity index is 2.14. The van der Waals surface area contributed by atoms with Gasteiger partial charge in [0, 0.05) is 25.0 Å². The van der Waals surface area contributed by atoms with Crippen LogP contribution in [-0.2, 0) is 15.0 Å². The van der Waals surface area contributed by atoms with E-state index in [0.717, 1.165) is 31.2 Å². The Kier molecular flexibility index (Phi) is 5.46. The van der Waals surface area contributed by atoms with Gasteiger partial charge >= 0.3 is 5.97 Å². The third-order valence-electron chi connectivity index (χ3n) is 4.49. The smallest absolute Gasteiger partial charge is 0.303 e. The molecule has 1 aromatic rings. The summed E-state index contributed by atoms with van der Waals surface area (Å²) in [6, 6.07) is 7.54. The van der Waals surface area contributed by atoms with Crippen LogP contribution in [0.25, 0.3) is 0 Å². The van der Waals surface area contributed by atoms with Gasteiger partial charge in [0.1, 0.15) is 0 Å². The third-order valence-corrected chi connectivity index (χ3v) is 4.75. The molecular weight excluding hydrogens is 302 g/mol. The zero-order valence-electron chi connectivity index (χ0n) is 12.8. The SMILES string of the molecule is CN(CCCC(=O)O)C(=O)C1(c2ccc(Cl)cc2)CCCC1. The van der Waals surface area contributed by atoms with E-state index in [1.165, 1.54) is 0 Å². The Labute approximate surface area is 136 Å². The lowest BCUT2D eigenvalue weighted by atomic mass is 9.77. The molecule has 4 nitrogen and oxygen atoms in total. The van der Waals surface area contributed by atoms with Crippen LogP contribution in [0.5, 0.6) is 0 Å². The van der Waals surface area contributed by atoms with Crippen LogP contribution in [0.2, 0.25) is 5.02 Å². The second kappa shape index (κ2) is 7.14. The molecule has 0 bridgehead atoms. The van der Waals surface area contributed by atoms with Gasteiger partial charge in [-0.05, 0) is 37.0 Å². The van der Waals surface area contributed by atoms with Gasteiger partial charge in [-0.3, -0.25) is 9.59 Å². The molecule has 1 amide bonds. The monoisotopic (exact) mass is 323 g/mol. The number of aliphatic carboxylic acids is 1. The van der Waals surface area contributed by atoms with Gasteiger partial charge in [-0.1, -0.05) is 36.6 Å². The van der Waals surface area contributed by atoms with Crippen molar-refractivity contribution in [3.63, 3.8) is 0 Å². The van der Waals surface area contributed by atoms with E-state index >= 15 is 0 Å². The minimum absolute atomic E-state index is 0.0889. The molecule has 0 atom stereocenters. The Bertz CT molecular complexity index is 535. The molecule has 0 heterocycles. The van der Waals surface area contributed by atoms with Crippen LogP contribution >= 0.6 is 11.6 Å². The normalized spacial score (nSPS) is 16.5. The first-order chi connectivity index (χ1) is 10.5. The first-order valence-electron chi connectivity index (χ1n) is 7.69. The van der Waals surface area contributed by atoms with Crippen LogP contribution in [0.15, 0.2) is 24.3 Å². The fourth-order valence-corrected chi connectivity index (χ4v) is 3.43. The van der Waals surface area contributed by atoms with Crippen molar-refractivity contribution in [3.05, 3.63) is 34.9 Å². The maximum absolute atomic E-state index is 13.0. The molecule has 0 saturated heterocycles. The minimum atomic E-state index is -0.825. The molecule has 0 spiro atoms. The summed E-state index contributed by atoms with van der Waals surface area (Å²) in [7, 11) is 1.76. The first-order valence-corrected chi connectivity index (χ1v) is 8.07. The zero-order valence-corrected chi connectivity index (χ0v) is 13.6. The van der Waals surface area contributed by atoms with E-state index in [1.807, 2.05) is 24.3 Å². The van der Waals surface area contributed by atoms with E-state index in [2.05, 4.69) is 0 Å². The molecule has 1 fully saturated rings. The van der Waals surface area contributed by atoms with Crippen molar-refractivity contribution >= 4 is 23.5 Å². The van der Waals surface area contributed by atoms with Gasteiger partial charge in [0.25, 0.3) is 0 Å². The van der Waals surface area contributed by atoms with E-state index in [9.17, 15) is 9.59 Å². The second-order valence-electron chi connectivity index (χ2n) is 6.02. The third kappa shape index (κ3) is 3.61. The molecule has 0 radical (unpaired) electrons. The van der Waals surface area contributed by atoms with E-state index < -0.39 is 11.4 Å². The Morgan fingerprint density at radius 2 is 1.82 bits per heavy atom. The van der Waals surface area contributed by atoms with Crippen molar-refractivity contribution in [1.82, 2.24) is 4.90 Å². The highest BCUT2D eigenvalue weighted by Gasteiger charge is 2.43. The molecule has 0 unspecified atom stereocenters. The van der Waals surface area contributed by atoms with Gasteiger partial charge in [0.2, 0.25) is 5.91 Å². The number of carboxylic acids is 1. The van der Waals surface area contributed by atoms with Crippen LogP contribution in [0.4, 0.5) is 0 Å². The summed E-state index contributed by atoms with van der Waals surface area (Å²) in [5, 5.41) is 9.38. The quantitative estimate of drug-likeness (QED) is 0.872. The number of nitrogens with zero attached hydrogens (tertiary/aromatic N) is 1. The number of rotatable bonds is 6. The maximum atomic E-state index is 13.0. The van der Waals surface area contributed by atoms with Crippen molar-refractivity contribution in [2.24, 2.45) is 0 Å². The fraction of sp³-hybridized carbons (Fsp3) is 0.529. The first kappa shape index (κ1) is 16.8. The molecule has 1 aliphatic carbocycles. The fourth-order valence-electron chi connectivity index (χ4n) is 3.31. The summed E-state index contributed by atoms with van der Waals surface area (Å²) in [5.74, 6) is -0.730. The van der Waals surface area contributed by atoms with Gasteiger partial charge in [-0.2, -0.15) is 0 Å². The molecule has 1 saturated carbocycles. The molecule has 0 aliphatic heterocycles. The number of halogens is 1. The van der Waals surface area contributed by atoms with E-state index in [-0.39, 0.29) is 12.3 Å². The lowest BCUT2D eigenvalue weighted by Gasteiger charge is -2.33. The molecular formula is C17H22ClNO3. The summed E-state index contributed by atoms with van der Waals surface area (Å²) >= 11 is 5.95.